The van der Waals surface area contributed by atoms with Crippen LogP contribution in [0.15, 0.2) is 18.2 Å². The van der Waals surface area contributed by atoms with Crippen LogP contribution in [0.25, 0.3) is 11.0 Å². The lowest BCUT2D eigenvalue weighted by Crippen LogP contribution is -2.15. The van der Waals surface area contributed by atoms with Crippen LogP contribution in [0.2, 0.25) is 0 Å². The van der Waals surface area contributed by atoms with E-state index in [1.54, 1.807) is 0 Å². The normalized spacial score (nSPS) is 11.4. The van der Waals surface area contributed by atoms with Gasteiger partial charge in [-0.25, -0.2) is 4.98 Å². The van der Waals surface area contributed by atoms with Crippen LogP contribution in [0.1, 0.15) is 5.56 Å². The van der Waals surface area contributed by atoms with Gasteiger partial charge in [0.25, 0.3) is 0 Å². The molecule has 4 heteroatoms. The fourth-order valence-corrected chi connectivity index (χ4v) is 1.66. The molecule has 2 rings (SSSR count). The van der Waals surface area contributed by atoms with Crippen molar-refractivity contribution in [1.29, 1.82) is 0 Å². The van der Waals surface area contributed by atoms with Gasteiger partial charge < -0.3 is 15.6 Å². The zero-order chi connectivity index (χ0) is 10.8. The number of para-hydroxylation sites is 1. The predicted molar refractivity (Wildman–Crippen MR) is 62.8 cm³/mol. The van der Waals surface area contributed by atoms with Crippen molar-refractivity contribution >= 4 is 17.0 Å². The first-order valence-electron chi connectivity index (χ1n) is 5.04. The molecule has 0 saturated heterocycles. The summed E-state index contributed by atoms with van der Waals surface area (Å²) in [6, 6.07) is 6.13. The van der Waals surface area contributed by atoms with Crippen molar-refractivity contribution in [3.05, 3.63) is 23.8 Å². The minimum absolute atomic E-state index is 0.488. The molecule has 0 radical (unpaired) electrons. The molecule has 80 valence electrons. The number of likely N-dealkylation sites (N-methyl/N-ethyl adjacent to an activating group) is 1. The number of nitrogen functional groups attached to an aromatic ring is 1. The van der Waals surface area contributed by atoms with Crippen molar-refractivity contribution in [3.8, 4) is 0 Å². The fraction of sp³-hybridized carbons (Fsp3) is 0.364. The number of benzene rings is 1. The van der Waals surface area contributed by atoms with Gasteiger partial charge >= 0.3 is 0 Å². The average molecular weight is 204 g/mol. The standard InChI is InChI=1S/C11H16N4/c1-15(2)7-6-8-4-3-5-9-10(8)14-11(12)13-9/h3-5H,6-7H2,1-2H3,(H3,12,13,14). The highest BCUT2D eigenvalue weighted by molar-refractivity contribution is 5.80. The maximum absolute atomic E-state index is 5.64. The molecule has 0 unspecified atom stereocenters. The molecule has 1 aromatic carbocycles. The predicted octanol–water partition coefficient (Wildman–Crippen LogP) is 1.25. The van der Waals surface area contributed by atoms with Crippen LogP contribution < -0.4 is 5.73 Å². The second kappa shape index (κ2) is 3.90. The van der Waals surface area contributed by atoms with E-state index in [-0.39, 0.29) is 0 Å². The van der Waals surface area contributed by atoms with Gasteiger partial charge in [-0.05, 0) is 32.1 Å². The number of anilines is 1. The van der Waals surface area contributed by atoms with Gasteiger partial charge in [-0.15, -0.1) is 0 Å². The summed E-state index contributed by atoms with van der Waals surface area (Å²) in [4.78, 5) is 9.50. The minimum Gasteiger partial charge on any atom is -0.369 e. The number of nitrogens with zero attached hydrogens (tertiary/aromatic N) is 2. The van der Waals surface area contributed by atoms with Crippen molar-refractivity contribution < 1.29 is 0 Å². The molecule has 15 heavy (non-hydrogen) atoms. The average Bonchev–Trinajstić information content (AvgIpc) is 2.55. The Morgan fingerprint density at radius 1 is 1.40 bits per heavy atom. The van der Waals surface area contributed by atoms with E-state index >= 15 is 0 Å². The Kier molecular flexibility index (Phi) is 2.60. The molecule has 0 amide bonds. The molecule has 0 aliphatic rings. The van der Waals surface area contributed by atoms with E-state index in [9.17, 15) is 0 Å². The van der Waals surface area contributed by atoms with Gasteiger partial charge in [0, 0.05) is 6.54 Å². The third-order valence-corrected chi connectivity index (χ3v) is 2.44. The van der Waals surface area contributed by atoms with Crippen LogP contribution in [-0.4, -0.2) is 35.5 Å². The van der Waals surface area contributed by atoms with Crippen LogP contribution in [0.4, 0.5) is 5.95 Å². The summed E-state index contributed by atoms with van der Waals surface area (Å²) in [6.45, 7) is 1.02. The van der Waals surface area contributed by atoms with Crippen molar-refractivity contribution in [2.75, 3.05) is 26.4 Å². The highest BCUT2D eigenvalue weighted by atomic mass is 15.0. The van der Waals surface area contributed by atoms with Crippen LogP contribution >= 0.6 is 0 Å². The monoisotopic (exact) mass is 204 g/mol. The summed E-state index contributed by atoms with van der Waals surface area (Å²) in [7, 11) is 4.14. The van der Waals surface area contributed by atoms with Crippen molar-refractivity contribution in [3.63, 3.8) is 0 Å². The molecule has 3 N–H and O–H groups in total. The molecule has 1 heterocycles. The maximum Gasteiger partial charge on any atom is 0.198 e. The molecule has 1 aromatic heterocycles. The highest BCUT2D eigenvalue weighted by Gasteiger charge is 2.05. The van der Waals surface area contributed by atoms with Crippen molar-refractivity contribution in [1.82, 2.24) is 14.9 Å². The third-order valence-electron chi connectivity index (χ3n) is 2.44. The lowest BCUT2D eigenvalue weighted by molar-refractivity contribution is 0.414. The third kappa shape index (κ3) is 2.10. The molecule has 4 nitrogen and oxygen atoms in total. The molecule has 0 aliphatic heterocycles. The number of aromatic amines is 1. The van der Waals surface area contributed by atoms with E-state index < -0.39 is 0 Å². The van der Waals surface area contributed by atoms with Crippen molar-refractivity contribution in [2.45, 2.75) is 6.42 Å². The Hall–Kier alpha value is -1.55. The van der Waals surface area contributed by atoms with Gasteiger partial charge in [-0.1, -0.05) is 12.1 Å². The highest BCUT2D eigenvalue weighted by Crippen LogP contribution is 2.17. The quantitative estimate of drug-likeness (QED) is 0.791. The van der Waals surface area contributed by atoms with Gasteiger partial charge in [0.15, 0.2) is 5.95 Å². The number of imidazole rings is 1. The van der Waals surface area contributed by atoms with E-state index in [2.05, 4.69) is 35.0 Å². The first kappa shape index (κ1) is 9.98. The summed E-state index contributed by atoms with van der Waals surface area (Å²) >= 11 is 0. The Morgan fingerprint density at radius 2 is 2.20 bits per heavy atom. The smallest absolute Gasteiger partial charge is 0.198 e. The summed E-state index contributed by atoms with van der Waals surface area (Å²) in [6.07, 6.45) is 0.995. The van der Waals surface area contributed by atoms with Gasteiger partial charge in [-0.2, -0.15) is 0 Å². The number of rotatable bonds is 3. The number of nitrogens with one attached hydrogen (secondary N) is 1. The van der Waals surface area contributed by atoms with E-state index in [4.69, 9.17) is 5.73 Å². The summed E-state index contributed by atoms with van der Waals surface area (Å²) < 4.78 is 0. The SMILES string of the molecule is CN(C)CCc1cccc2[nH]c(N)nc12. The summed E-state index contributed by atoms with van der Waals surface area (Å²) in [5.74, 6) is 0.488. The van der Waals surface area contributed by atoms with E-state index in [1.165, 1.54) is 5.56 Å². The molecule has 0 atom stereocenters. The molecule has 2 aromatic rings. The lowest BCUT2D eigenvalue weighted by Gasteiger charge is -2.09. The van der Waals surface area contributed by atoms with Crippen LogP contribution in [0.5, 0.6) is 0 Å². The number of hydrogen-bond acceptors (Lipinski definition) is 3. The van der Waals surface area contributed by atoms with E-state index in [1.807, 2.05) is 12.1 Å². The second-order valence-electron chi connectivity index (χ2n) is 3.99. The molecule has 0 saturated carbocycles. The Labute approximate surface area is 89.1 Å². The van der Waals surface area contributed by atoms with E-state index in [0.717, 1.165) is 24.0 Å². The van der Waals surface area contributed by atoms with Crippen molar-refractivity contribution in [2.24, 2.45) is 0 Å². The number of H-pyrrole nitrogens is 1. The molecular weight excluding hydrogens is 188 g/mol. The topological polar surface area (TPSA) is 57.9 Å². The largest absolute Gasteiger partial charge is 0.369 e. The first-order valence-corrected chi connectivity index (χ1v) is 5.04. The summed E-state index contributed by atoms with van der Waals surface area (Å²) in [5.41, 5.74) is 8.90. The minimum atomic E-state index is 0.488. The maximum atomic E-state index is 5.64. The Balaban J connectivity index is 2.33. The van der Waals surface area contributed by atoms with Gasteiger partial charge in [-0.3, -0.25) is 0 Å². The number of hydrogen-bond donors (Lipinski definition) is 2. The molecule has 0 aliphatic carbocycles. The number of aromatic nitrogens is 2. The second-order valence-corrected chi connectivity index (χ2v) is 3.99. The first-order chi connectivity index (χ1) is 7.16. The van der Waals surface area contributed by atoms with Gasteiger partial charge in [0.1, 0.15) is 0 Å². The van der Waals surface area contributed by atoms with Crippen LogP contribution in [0, 0.1) is 0 Å². The van der Waals surface area contributed by atoms with Gasteiger partial charge in [0.2, 0.25) is 0 Å². The zero-order valence-corrected chi connectivity index (χ0v) is 9.12. The number of nitrogens with two attached hydrogens (primary N) is 1. The summed E-state index contributed by atoms with van der Waals surface area (Å²) in [5, 5.41) is 0. The van der Waals surface area contributed by atoms with Crippen LogP contribution in [0.3, 0.4) is 0 Å². The zero-order valence-electron chi connectivity index (χ0n) is 9.12. The van der Waals surface area contributed by atoms with Crippen LogP contribution in [-0.2, 0) is 6.42 Å². The molecular formula is C11H16N4. The molecule has 0 fully saturated rings. The fourth-order valence-electron chi connectivity index (χ4n) is 1.66. The lowest BCUT2D eigenvalue weighted by atomic mass is 10.1. The van der Waals surface area contributed by atoms with E-state index in [0.29, 0.717) is 5.95 Å². The number of fused-ring (bicyclic) bond motifs is 1. The molecule has 0 spiro atoms. The Morgan fingerprint density at radius 3 is 2.93 bits per heavy atom. The molecule has 0 bridgehead atoms. The van der Waals surface area contributed by atoms with Gasteiger partial charge in [0.05, 0.1) is 11.0 Å². The Bertz CT molecular complexity index is 459.